The number of esters is 1. The van der Waals surface area contributed by atoms with Crippen LogP contribution in [0.4, 0.5) is 10.5 Å². The van der Waals surface area contributed by atoms with Crippen LogP contribution in [-0.4, -0.2) is 34.0 Å². The van der Waals surface area contributed by atoms with E-state index in [0.717, 1.165) is 4.90 Å². The summed E-state index contributed by atoms with van der Waals surface area (Å²) in [5.41, 5.74) is 0.0528. The maximum Gasteiger partial charge on any atom is 0.373 e. The number of carbonyl (C=O) groups is 3. The predicted molar refractivity (Wildman–Crippen MR) is 94.7 cm³/mol. The molecule has 0 N–H and O–H groups in total. The standard InChI is InChI=1S/C17H12N2O7S/c1-25-16(21)13-7-6-11(26-13)9-18-15(20)14(27-17(18)22)8-10-4-2-3-5-12(10)19(23)24/h2-8H,9H2,1H3/b14-8+. The molecule has 1 saturated heterocycles. The molecule has 2 amide bonds. The fourth-order valence-electron chi connectivity index (χ4n) is 2.38. The Labute approximate surface area is 156 Å². The Morgan fingerprint density at radius 1 is 1.30 bits per heavy atom. The molecule has 2 heterocycles. The summed E-state index contributed by atoms with van der Waals surface area (Å²) in [6.45, 7) is -0.171. The number of carbonyl (C=O) groups excluding carboxylic acids is 3. The average molecular weight is 388 g/mol. The van der Waals surface area contributed by atoms with Crippen molar-refractivity contribution in [3.8, 4) is 0 Å². The van der Waals surface area contributed by atoms with Gasteiger partial charge >= 0.3 is 5.97 Å². The predicted octanol–water partition coefficient (Wildman–Crippen LogP) is 3.21. The number of nitrogens with zero attached hydrogens (tertiary/aromatic N) is 2. The van der Waals surface area contributed by atoms with E-state index in [1.54, 1.807) is 6.07 Å². The van der Waals surface area contributed by atoms with Crippen LogP contribution >= 0.6 is 11.8 Å². The largest absolute Gasteiger partial charge is 0.463 e. The van der Waals surface area contributed by atoms with Gasteiger partial charge in [0.15, 0.2) is 0 Å². The van der Waals surface area contributed by atoms with Gasteiger partial charge in [-0.1, -0.05) is 12.1 Å². The quantitative estimate of drug-likeness (QED) is 0.331. The van der Waals surface area contributed by atoms with Gasteiger partial charge in [-0.3, -0.25) is 24.6 Å². The van der Waals surface area contributed by atoms with Crippen LogP contribution in [-0.2, 0) is 16.1 Å². The number of thioether (sulfide) groups is 1. The zero-order valence-electron chi connectivity index (χ0n) is 13.9. The van der Waals surface area contributed by atoms with E-state index in [-0.39, 0.29) is 34.2 Å². The van der Waals surface area contributed by atoms with Crippen molar-refractivity contribution in [3.63, 3.8) is 0 Å². The molecule has 0 aliphatic carbocycles. The van der Waals surface area contributed by atoms with Gasteiger partial charge in [-0.15, -0.1) is 0 Å². The number of methoxy groups -OCH3 is 1. The molecular formula is C17H12N2O7S. The van der Waals surface area contributed by atoms with Crippen molar-refractivity contribution in [2.45, 2.75) is 6.54 Å². The normalized spacial score (nSPS) is 15.4. The van der Waals surface area contributed by atoms with Crippen LogP contribution in [0.2, 0.25) is 0 Å². The Kier molecular flexibility index (Phi) is 5.08. The first-order valence-electron chi connectivity index (χ1n) is 7.56. The lowest BCUT2D eigenvalue weighted by Gasteiger charge is -2.09. The summed E-state index contributed by atoms with van der Waals surface area (Å²) in [7, 11) is 1.20. The topological polar surface area (TPSA) is 120 Å². The minimum absolute atomic E-state index is 0.0464. The fourth-order valence-corrected chi connectivity index (χ4v) is 3.21. The number of hydrogen-bond acceptors (Lipinski definition) is 8. The zero-order valence-corrected chi connectivity index (χ0v) is 14.7. The number of furan rings is 1. The first-order valence-corrected chi connectivity index (χ1v) is 8.38. The molecule has 0 atom stereocenters. The van der Waals surface area contributed by atoms with E-state index in [1.165, 1.54) is 43.5 Å². The van der Waals surface area contributed by atoms with E-state index in [4.69, 9.17) is 4.42 Å². The molecule has 2 aromatic rings. The van der Waals surface area contributed by atoms with Gasteiger partial charge in [0.1, 0.15) is 5.76 Å². The second-order valence-corrected chi connectivity index (χ2v) is 6.33. The number of rotatable bonds is 5. The molecule has 9 nitrogen and oxygen atoms in total. The molecule has 27 heavy (non-hydrogen) atoms. The number of amides is 2. The average Bonchev–Trinajstić information content (AvgIpc) is 3.22. The van der Waals surface area contributed by atoms with E-state index < -0.39 is 22.0 Å². The molecule has 1 aliphatic rings. The lowest BCUT2D eigenvalue weighted by atomic mass is 10.1. The van der Waals surface area contributed by atoms with Gasteiger partial charge < -0.3 is 9.15 Å². The number of imide groups is 1. The number of para-hydroxylation sites is 1. The highest BCUT2D eigenvalue weighted by molar-refractivity contribution is 8.18. The Morgan fingerprint density at radius 2 is 2.04 bits per heavy atom. The summed E-state index contributed by atoms with van der Waals surface area (Å²) >= 11 is 0.677. The Bertz CT molecular complexity index is 979. The molecule has 0 radical (unpaired) electrons. The van der Waals surface area contributed by atoms with Gasteiger partial charge in [0.05, 0.1) is 29.0 Å². The van der Waals surface area contributed by atoms with Crippen LogP contribution in [0.25, 0.3) is 6.08 Å². The van der Waals surface area contributed by atoms with Gasteiger partial charge in [-0.05, 0) is 36.0 Å². The molecule has 1 aromatic heterocycles. The van der Waals surface area contributed by atoms with Gasteiger partial charge in [0.2, 0.25) is 5.76 Å². The number of nitro benzene ring substituents is 1. The van der Waals surface area contributed by atoms with Crippen molar-refractivity contribution >= 4 is 40.6 Å². The van der Waals surface area contributed by atoms with Crippen LogP contribution in [0.1, 0.15) is 21.9 Å². The van der Waals surface area contributed by atoms with Crippen molar-refractivity contribution in [2.24, 2.45) is 0 Å². The summed E-state index contributed by atoms with van der Waals surface area (Å²) in [6.07, 6.45) is 1.31. The summed E-state index contributed by atoms with van der Waals surface area (Å²) in [5.74, 6) is -1.09. The highest BCUT2D eigenvalue weighted by atomic mass is 32.2. The van der Waals surface area contributed by atoms with Crippen molar-refractivity contribution in [1.29, 1.82) is 0 Å². The summed E-state index contributed by atoms with van der Waals surface area (Å²) in [6, 6.07) is 8.75. The van der Waals surface area contributed by atoms with E-state index in [1.807, 2.05) is 0 Å². The molecule has 0 saturated carbocycles. The van der Waals surface area contributed by atoms with Crippen LogP contribution in [0.5, 0.6) is 0 Å². The fraction of sp³-hybridized carbons (Fsp3) is 0.118. The Hall–Kier alpha value is -3.40. The Balaban J connectivity index is 1.82. The SMILES string of the molecule is COC(=O)c1ccc(CN2C(=O)S/C(=C/c3ccccc3[N+](=O)[O-])C2=O)o1. The third-order valence-electron chi connectivity index (χ3n) is 3.66. The van der Waals surface area contributed by atoms with E-state index in [2.05, 4.69) is 4.74 Å². The van der Waals surface area contributed by atoms with Gasteiger partial charge in [0.25, 0.3) is 16.8 Å². The second kappa shape index (κ2) is 7.46. The summed E-state index contributed by atoms with van der Waals surface area (Å²) in [5, 5.41) is 10.5. The zero-order chi connectivity index (χ0) is 19.6. The molecule has 3 rings (SSSR count). The molecule has 1 aliphatic heterocycles. The van der Waals surface area contributed by atoms with Crippen molar-refractivity contribution in [1.82, 2.24) is 4.90 Å². The lowest BCUT2D eigenvalue weighted by Crippen LogP contribution is -2.27. The molecule has 1 fully saturated rings. The maximum absolute atomic E-state index is 12.5. The van der Waals surface area contributed by atoms with E-state index in [0.29, 0.717) is 11.8 Å². The van der Waals surface area contributed by atoms with Crippen molar-refractivity contribution in [2.75, 3.05) is 7.11 Å². The Morgan fingerprint density at radius 3 is 2.74 bits per heavy atom. The third-order valence-corrected chi connectivity index (χ3v) is 4.56. The summed E-state index contributed by atoms with van der Waals surface area (Å²) < 4.78 is 9.79. The molecular weight excluding hydrogens is 376 g/mol. The number of nitro groups is 1. The van der Waals surface area contributed by atoms with Crippen molar-refractivity contribution < 1.29 is 28.5 Å². The number of hydrogen-bond donors (Lipinski definition) is 0. The minimum atomic E-state index is -0.674. The van der Waals surface area contributed by atoms with Crippen LogP contribution in [0, 0.1) is 10.1 Å². The molecule has 1 aromatic carbocycles. The monoisotopic (exact) mass is 388 g/mol. The third kappa shape index (κ3) is 3.75. The van der Waals surface area contributed by atoms with Crippen LogP contribution in [0.3, 0.4) is 0 Å². The molecule has 138 valence electrons. The molecule has 0 spiro atoms. The minimum Gasteiger partial charge on any atom is -0.463 e. The van der Waals surface area contributed by atoms with Crippen LogP contribution < -0.4 is 0 Å². The number of ether oxygens (including phenoxy) is 1. The maximum atomic E-state index is 12.5. The molecule has 10 heteroatoms. The first kappa shape index (κ1) is 18.4. The van der Waals surface area contributed by atoms with E-state index in [9.17, 15) is 24.5 Å². The van der Waals surface area contributed by atoms with Crippen molar-refractivity contribution in [3.05, 3.63) is 68.5 Å². The number of benzene rings is 1. The highest BCUT2D eigenvalue weighted by Crippen LogP contribution is 2.34. The summed E-state index contributed by atoms with van der Waals surface area (Å²) in [4.78, 5) is 47.6. The lowest BCUT2D eigenvalue weighted by molar-refractivity contribution is -0.385. The van der Waals surface area contributed by atoms with Gasteiger partial charge in [0, 0.05) is 6.07 Å². The smallest absolute Gasteiger partial charge is 0.373 e. The molecule has 0 bridgehead atoms. The highest BCUT2D eigenvalue weighted by Gasteiger charge is 2.36. The molecule has 0 unspecified atom stereocenters. The van der Waals surface area contributed by atoms with E-state index >= 15 is 0 Å². The van der Waals surface area contributed by atoms with Crippen LogP contribution in [0.15, 0.2) is 45.7 Å². The first-order chi connectivity index (χ1) is 12.9. The second-order valence-electron chi connectivity index (χ2n) is 5.34. The van der Waals surface area contributed by atoms with Gasteiger partial charge in [-0.2, -0.15) is 0 Å². The van der Waals surface area contributed by atoms with Gasteiger partial charge in [-0.25, -0.2) is 4.79 Å².